The van der Waals surface area contributed by atoms with Crippen molar-refractivity contribution in [1.29, 1.82) is 0 Å². The van der Waals surface area contributed by atoms with Crippen molar-refractivity contribution in [2.75, 3.05) is 13.2 Å². The second-order valence-corrected chi connectivity index (χ2v) is 5.53. The van der Waals surface area contributed by atoms with Crippen molar-refractivity contribution in [1.82, 2.24) is 10.2 Å². The summed E-state index contributed by atoms with van der Waals surface area (Å²) in [6.07, 6.45) is 4.82. The van der Waals surface area contributed by atoms with Gasteiger partial charge in [-0.3, -0.25) is 0 Å². The van der Waals surface area contributed by atoms with Gasteiger partial charge in [0.05, 0.1) is 0 Å². The topological polar surface area (TPSA) is 72.8 Å². The van der Waals surface area contributed by atoms with Gasteiger partial charge in [-0.2, -0.15) is 0 Å². The van der Waals surface area contributed by atoms with E-state index < -0.39 is 0 Å². The minimum absolute atomic E-state index is 0.0364. The third kappa shape index (κ3) is 4.63. The number of hydrogen-bond donors (Lipinski definition) is 3. The number of phenolic OH excluding ortho intramolecular Hbond substituents is 1. The molecule has 1 aromatic carbocycles. The number of rotatable bonds is 5. The largest absolute Gasteiger partial charge is 0.508 e. The summed E-state index contributed by atoms with van der Waals surface area (Å²) in [5.41, 5.74) is 0.963. The van der Waals surface area contributed by atoms with E-state index in [4.69, 9.17) is 5.11 Å². The highest BCUT2D eigenvalue weighted by Crippen LogP contribution is 2.21. The van der Waals surface area contributed by atoms with E-state index in [1.54, 1.807) is 24.3 Å². The number of phenols is 1. The van der Waals surface area contributed by atoms with Crippen molar-refractivity contribution in [3.05, 3.63) is 29.8 Å². The number of piperidine rings is 1. The first-order valence-corrected chi connectivity index (χ1v) is 7.64. The minimum Gasteiger partial charge on any atom is -0.508 e. The molecule has 1 aromatic rings. The van der Waals surface area contributed by atoms with Crippen molar-refractivity contribution >= 4 is 6.03 Å². The molecule has 2 amide bonds. The molecule has 5 nitrogen and oxygen atoms in total. The number of aromatic hydroxyl groups is 1. The molecule has 2 rings (SSSR count). The molecule has 1 saturated heterocycles. The van der Waals surface area contributed by atoms with Gasteiger partial charge in [-0.05, 0) is 49.8 Å². The molecule has 1 fully saturated rings. The van der Waals surface area contributed by atoms with E-state index in [0.29, 0.717) is 6.54 Å². The lowest BCUT2D eigenvalue weighted by molar-refractivity contribution is 0.140. The Morgan fingerprint density at radius 3 is 2.76 bits per heavy atom. The summed E-state index contributed by atoms with van der Waals surface area (Å²) in [6, 6.07) is 7.04. The van der Waals surface area contributed by atoms with E-state index >= 15 is 0 Å². The lowest BCUT2D eigenvalue weighted by Gasteiger charge is -2.35. The van der Waals surface area contributed by atoms with Crippen LogP contribution in [-0.4, -0.2) is 40.3 Å². The number of aliphatic hydroxyl groups excluding tert-OH is 1. The predicted octanol–water partition coefficient (Wildman–Crippen LogP) is 2.23. The fraction of sp³-hybridized carbons (Fsp3) is 0.562. The lowest BCUT2D eigenvalue weighted by atomic mass is 9.98. The Morgan fingerprint density at radius 1 is 1.29 bits per heavy atom. The molecule has 0 saturated carbocycles. The maximum Gasteiger partial charge on any atom is 0.317 e. The van der Waals surface area contributed by atoms with Gasteiger partial charge in [0.2, 0.25) is 0 Å². The summed E-state index contributed by atoms with van der Waals surface area (Å²) in [5, 5.41) is 21.1. The molecule has 0 radical (unpaired) electrons. The zero-order valence-electron chi connectivity index (χ0n) is 12.3. The number of nitrogens with one attached hydrogen (secondary N) is 1. The highest BCUT2D eigenvalue weighted by atomic mass is 16.3. The predicted molar refractivity (Wildman–Crippen MR) is 81.0 cm³/mol. The zero-order valence-corrected chi connectivity index (χ0v) is 12.3. The van der Waals surface area contributed by atoms with Gasteiger partial charge in [-0.25, -0.2) is 4.79 Å². The maximum atomic E-state index is 12.3. The molecule has 0 unspecified atom stereocenters. The summed E-state index contributed by atoms with van der Waals surface area (Å²) in [5.74, 6) is 0.227. The Kier molecular flexibility index (Phi) is 5.87. The Hall–Kier alpha value is -1.75. The molecule has 116 valence electrons. The van der Waals surface area contributed by atoms with Gasteiger partial charge >= 0.3 is 6.03 Å². The normalized spacial score (nSPS) is 18.5. The average molecular weight is 292 g/mol. The Balaban J connectivity index is 1.86. The van der Waals surface area contributed by atoms with Gasteiger partial charge < -0.3 is 20.4 Å². The molecular weight excluding hydrogens is 268 g/mol. The fourth-order valence-corrected chi connectivity index (χ4v) is 2.79. The Labute approximate surface area is 125 Å². The molecule has 3 N–H and O–H groups in total. The van der Waals surface area contributed by atoms with Crippen molar-refractivity contribution in [2.24, 2.45) is 0 Å². The van der Waals surface area contributed by atoms with Crippen molar-refractivity contribution in [3.63, 3.8) is 0 Å². The standard InChI is InChI=1S/C16H24N2O3/c19-11-3-5-14-4-1-2-10-18(14)16(21)17-12-13-6-8-15(20)9-7-13/h6-9,14,19-20H,1-5,10-12H2,(H,17,21)/t14-/m1/s1. The van der Waals surface area contributed by atoms with E-state index in [1.165, 1.54) is 0 Å². The maximum absolute atomic E-state index is 12.3. The van der Waals surface area contributed by atoms with Crippen LogP contribution in [-0.2, 0) is 6.54 Å². The third-order valence-corrected chi connectivity index (χ3v) is 3.96. The summed E-state index contributed by atoms with van der Waals surface area (Å²) in [4.78, 5) is 14.2. The van der Waals surface area contributed by atoms with E-state index in [9.17, 15) is 9.90 Å². The summed E-state index contributed by atoms with van der Waals surface area (Å²) < 4.78 is 0. The van der Waals surface area contributed by atoms with Crippen molar-refractivity contribution < 1.29 is 15.0 Å². The van der Waals surface area contributed by atoms with Gasteiger partial charge in [-0.1, -0.05) is 12.1 Å². The molecule has 5 heteroatoms. The first kappa shape index (κ1) is 15.6. The van der Waals surface area contributed by atoms with Gasteiger partial charge in [0.15, 0.2) is 0 Å². The molecule has 0 aromatic heterocycles. The number of hydrogen-bond acceptors (Lipinski definition) is 3. The van der Waals surface area contributed by atoms with Crippen LogP contribution in [0.25, 0.3) is 0 Å². The van der Waals surface area contributed by atoms with Crippen LogP contribution in [0, 0.1) is 0 Å². The van der Waals surface area contributed by atoms with Gasteiger partial charge in [0.25, 0.3) is 0 Å². The van der Waals surface area contributed by atoms with Gasteiger partial charge in [-0.15, -0.1) is 0 Å². The number of carbonyl (C=O) groups excluding carboxylic acids is 1. The number of carbonyl (C=O) groups is 1. The van der Waals surface area contributed by atoms with Gasteiger partial charge in [0.1, 0.15) is 5.75 Å². The first-order chi connectivity index (χ1) is 10.2. The molecule has 0 aliphatic carbocycles. The number of likely N-dealkylation sites (tertiary alicyclic amines) is 1. The summed E-state index contributed by atoms with van der Waals surface area (Å²) in [6.45, 7) is 1.43. The number of amides is 2. The minimum atomic E-state index is -0.0364. The second kappa shape index (κ2) is 7.88. The van der Waals surface area contributed by atoms with Crippen LogP contribution >= 0.6 is 0 Å². The molecular formula is C16H24N2O3. The molecule has 1 atom stereocenters. The molecule has 1 aliphatic rings. The molecule has 0 bridgehead atoms. The zero-order chi connectivity index (χ0) is 15.1. The molecule has 1 aliphatic heterocycles. The number of benzene rings is 1. The van der Waals surface area contributed by atoms with Crippen LogP contribution < -0.4 is 5.32 Å². The Bertz CT molecular complexity index is 447. The Morgan fingerprint density at radius 2 is 2.05 bits per heavy atom. The number of urea groups is 1. The number of nitrogens with zero attached hydrogens (tertiary/aromatic N) is 1. The van der Waals surface area contributed by atoms with E-state index in [-0.39, 0.29) is 24.4 Å². The van der Waals surface area contributed by atoms with Gasteiger partial charge in [0, 0.05) is 25.7 Å². The monoisotopic (exact) mass is 292 g/mol. The average Bonchev–Trinajstić information content (AvgIpc) is 2.52. The van der Waals surface area contributed by atoms with Crippen LogP contribution in [0.15, 0.2) is 24.3 Å². The summed E-state index contributed by atoms with van der Waals surface area (Å²) in [7, 11) is 0. The van der Waals surface area contributed by atoms with Crippen LogP contribution in [0.2, 0.25) is 0 Å². The van der Waals surface area contributed by atoms with Crippen LogP contribution in [0.3, 0.4) is 0 Å². The van der Waals surface area contributed by atoms with Crippen molar-refractivity contribution in [2.45, 2.75) is 44.7 Å². The van der Waals surface area contributed by atoms with E-state index in [1.807, 2.05) is 4.90 Å². The fourth-order valence-electron chi connectivity index (χ4n) is 2.79. The van der Waals surface area contributed by atoms with E-state index in [2.05, 4.69) is 5.32 Å². The quantitative estimate of drug-likeness (QED) is 0.779. The van der Waals surface area contributed by atoms with Crippen molar-refractivity contribution in [3.8, 4) is 5.75 Å². The van der Waals surface area contributed by atoms with Crippen LogP contribution in [0.5, 0.6) is 5.75 Å². The van der Waals surface area contributed by atoms with E-state index in [0.717, 1.165) is 44.2 Å². The van der Waals surface area contributed by atoms with Crippen LogP contribution in [0.1, 0.15) is 37.7 Å². The first-order valence-electron chi connectivity index (χ1n) is 7.64. The van der Waals surface area contributed by atoms with Crippen LogP contribution in [0.4, 0.5) is 4.79 Å². The summed E-state index contributed by atoms with van der Waals surface area (Å²) >= 11 is 0. The molecule has 21 heavy (non-hydrogen) atoms. The highest BCUT2D eigenvalue weighted by Gasteiger charge is 2.25. The third-order valence-electron chi connectivity index (χ3n) is 3.96. The lowest BCUT2D eigenvalue weighted by Crippen LogP contribution is -2.48. The molecule has 0 spiro atoms. The second-order valence-electron chi connectivity index (χ2n) is 5.53. The SMILES string of the molecule is O=C(NCc1ccc(O)cc1)N1CCCC[C@@H]1CCCO. The smallest absolute Gasteiger partial charge is 0.317 e. The molecule has 1 heterocycles. The number of aliphatic hydroxyl groups is 1. The highest BCUT2D eigenvalue weighted by molar-refractivity contribution is 5.74.